The van der Waals surface area contributed by atoms with Gasteiger partial charge in [0, 0.05) is 35.2 Å². The number of ether oxygens (including phenoxy) is 1. The van der Waals surface area contributed by atoms with Crippen molar-refractivity contribution >= 4 is 32.4 Å². The monoisotopic (exact) mass is 401 g/mol. The third kappa shape index (κ3) is 2.75. The summed E-state index contributed by atoms with van der Waals surface area (Å²) in [5, 5.41) is 7.42. The van der Waals surface area contributed by atoms with Crippen molar-refractivity contribution in [2.24, 2.45) is 11.8 Å². The molecule has 5 rings (SSSR count). The summed E-state index contributed by atoms with van der Waals surface area (Å²) in [4.78, 5) is 12.3. The minimum absolute atomic E-state index is 0.143. The molecule has 0 radical (unpaired) electrons. The Balaban J connectivity index is 1.51. The standard InChI is InChI=1S/C20H23N3O4S/c1-27-17-8-12-10-21-9-11(12)7-16(17)23-28(25,26)18-6-5-15-19-13(18)3-2-4-14(19)20(24)22-15/h2-6,11-12,16-17,21,23H,7-10H2,1H3,(H,22,24)/t11-,12+,16-,17-/m0/s1. The van der Waals surface area contributed by atoms with Gasteiger partial charge in [0.25, 0.3) is 5.91 Å². The molecule has 0 aromatic heterocycles. The minimum Gasteiger partial charge on any atom is -0.380 e. The SMILES string of the molecule is CO[C@H]1C[C@@H]2CNC[C@@H]2C[C@@H]1NS(=O)(=O)c1ccc2c3c(cccc13)C(=O)N2. The Kier molecular flexibility index (Phi) is 4.20. The van der Waals surface area contributed by atoms with Gasteiger partial charge in [0.15, 0.2) is 0 Å². The average molecular weight is 401 g/mol. The molecular formula is C20H23N3O4S. The molecule has 0 unspecified atom stereocenters. The molecule has 2 aliphatic heterocycles. The molecule has 148 valence electrons. The Labute approximate surface area is 163 Å². The molecule has 1 saturated heterocycles. The van der Waals surface area contributed by atoms with Crippen LogP contribution in [0.15, 0.2) is 35.2 Å². The first-order valence-electron chi connectivity index (χ1n) is 9.61. The van der Waals surface area contributed by atoms with Crippen molar-refractivity contribution in [2.45, 2.75) is 29.9 Å². The number of sulfonamides is 1. The first kappa shape index (κ1) is 18.1. The summed E-state index contributed by atoms with van der Waals surface area (Å²) in [6.07, 6.45) is 1.47. The molecule has 2 aromatic carbocycles. The van der Waals surface area contributed by atoms with Gasteiger partial charge in [0.05, 0.1) is 11.0 Å². The van der Waals surface area contributed by atoms with Gasteiger partial charge in [-0.2, -0.15) is 0 Å². The second-order valence-electron chi connectivity index (χ2n) is 7.95. The quantitative estimate of drug-likeness (QED) is 0.725. The van der Waals surface area contributed by atoms with E-state index < -0.39 is 10.0 Å². The van der Waals surface area contributed by atoms with Crippen LogP contribution in [0.5, 0.6) is 0 Å². The van der Waals surface area contributed by atoms with Gasteiger partial charge in [-0.15, -0.1) is 0 Å². The number of methoxy groups -OCH3 is 1. The zero-order valence-electron chi connectivity index (χ0n) is 15.6. The van der Waals surface area contributed by atoms with E-state index in [0.29, 0.717) is 33.9 Å². The Hall–Kier alpha value is -2.00. The Morgan fingerprint density at radius 2 is 1.89 bits per heavy atom. The first-order valence-corrected chi connectivity index (χ1v) is 11.1. The van der Waals surface area contributed by atoms with Crippen molar-refractivity contribution in [3.8, 4) is 0 Å². The van der Waals surface area contributed by atoms with Gasteiger partial charge in [-0.1, -0.05) is 12.1 Å². The second kappa shape index (κ2) is 6.52. The molecule has 0 spiro atoms. The predicted octanol–water partition coefficient (Wildman–Crippen LogP) is 1.70. The van der Waals surface area contributed by atoms with Crippen molar-refractivity contribution in [1.82, 2.24) is 10.0 Å². The third-order valence-corrected chi connectivity index (χ3v) is 7.96. The molecule has 3 N–H and O–H groups in total. The number of nitrogens with one attached hydrogen (secondary N) is 3. The molecule has 3 aliphatic rings. The van der Waals surface area contributed by atoms with Crippen LogP contribution in [0.1, 0.15) is 23.2 Å². The van der Waals surface area contributed by atoms with Crippen LogP contribution in [0.2, 0.25) is 0 Å². The lowest BCUT2D eigenvalue weighted by atomic mass is 9.78. The fraction of sp³-hybridized carbons (Fsp3) is 0.450. The fourth-order valence-electron chi connectivity index (χ4n) is 5.02. The van der Waals surface area contributed by atoms with Crippen LogP contribution in [-0.2, 0) is 14.8 Å². The van der Waals surface area contributed by atoms with Gasteiger partial charge in [0.2, 0.25) is 10.0 Å². The van der Waals surface area contributed by atoms with Gasteiger partial charge >= 0.3 is 0 Å². The highest BCUT2D eigenvalue weighted by Gasteiger charge is 2.41. The molecule has 2 fully saturated rings. The van der Waals surface area contributed by atoms with Crippen molar-refractivity contribution in [3.63, 3.8) is 0 Å². The molecular weight excluding hydrogens is 378 g/mol. The highest BCUT2D eigenvalue weighted by molar-refractivity contribution is 7.89. The molecule has 28 heavy (non-hydrogen) atoms. The summed E-state index contributed by atoms with van der Waals surface area (Å²) < 4.78 is 35.1. The number of carbonyl (C=O) groups excluding carboxylic acids is 1. The molecule has 1 aliphatic carbocycles. The van der Waals surface area contributed by atoms with Crippen LogP contribution in [0.25, 0.3) is 10.8 Å². The maximum absolute atomic E-state index is 13.3. The largest absolute Gasteiger partial charge is 0.380 e. The Morgan fingerprint density at radius 1 is 1.11 bits per heavy atom. The molecule has 4 atom stereocenters. The zero-order chi connectivity index (χ0) is 19.5. The van der Waals surface area contributed by atoms with E-state index in [1.807, 2.05) is 0 Å². The first-order chi connectivity index (χ1) is 13.5. The molecule has 2 aromatic rings. The highest BCUT2D eigenvalue weighted by atomic mass is 32.2. The second-order valence-corrected chi connectivity index (χ2v) is 9.63. The van der Waals surface area contributed by atoms with E-state index in [0.717, 1.165) is 25.9 Å². The van der Waals surface area contributed by atoms with Crippen molar-refractivity contribution in [1.29, 1.82) is 0 Å². The van der Waals surface area contributed by atoms with Crippen molar-refractivity contribution in [2.75, 3.05) is 25.5 Å². The van der Waals surface area contributed by atoms with E-state index >= 15 is 0 Å². The number of anilines is 1. The van der Waals surface area contributed by atoms with Gasteiger partial charge in [0.1, 0.15) is 0 Å². The Bertz CT molecular complexity index is 1070. The number of amides is 1. The molecule has 1 saturated carbocycles. The predicted molar refractivity (Wildman–Crippen MR) is 106 cm³/mol. The molecule has 7 nitrogen and oxygen atoms in total. The van der Waals surface area contributed by atoms with Crippen LogP contribution < -0.4 is 15.4 Å². The molecule has 0 bridgehead atoms. The zero-order valence-corrected chi connectivity index (χ0v) is 16.4. The summed E-state index contributed by atoms with van der Waals surface area (Å²) in [7, 11) is -2.13. The normalized spacial score (nSPS) is 29.1. The number of hydrogen-bond donors (Lipinski definition) is 3. The van der Waals surface area contributed by atoms with E-state index in [9.17, 15) is 13.2 Å². The highest BCUT2D eigenvalue weighted by Crippen LogP contribution is 2.38. The maximum atomic E-state index is 13.3. The van der Waals surface area contributed by atoms with Crippen molar-refractivity contribution < 1.29 is 17.9 Å². The topological polar surface area (TPSA) is 96.5 Å². The van der Waals surface area contributed by atoms with Gasteiger partial charge in [-0.05, 0) is 56.0 Å². The summed E-state index contributed by atoms with van der Waals surface area (Å²) in [6, 6.07) is 8.16. The van der Waals surface area contributed by atoms with Crippen LogP contribution in [0.3, 0.4) is 0 Å². The number of hydrogen-bond acceptors (Lipinski definition) is 5. The maximum Gasteiger partial charge on any atom is 0.256 e. The van der Waals surface area contributed by atoms with Crippen LogP contribution in [-0.4, -0.2) is 46.7 Å². The van der Waals surface area contributed by atoms with Crippen LogP contribution in [0, 0.1) is 11.8 Å². The molecule has 1 amide bonds. The van der Waals surface area contributed by atoms with Crippen LogP contribution >= 0.6 is 0 Å². The summed E-state index contributed by atoms with van der Waals surface area (Å²) in [6.45, 7) is 1.90. The minimum atomic E-state index is -3.77. The molecule has 8 heteroatoms. The summed E-state index contributed by atoms with van der Waals surface area (Å²) in [5.74, 6) is 0.808. The summed E-state index contributed by atoms with van der Waals surface area (Å²) >= 11 is 0. The number of benzene rings is 2. The van der Waals surface area contributed by atoms with Crippen molar-refractivity contribution in [3.05, 3.63) is 35.9 Å². The number of carbonyl (C=O) groups is 1. The fourth-order valence-corrected chi connectivity index (χ4v) is 6.50. The smallest absolute Gasteiger partial charge is 0.256 e. The van der Waals surface area contributed by atoms with E-state index in [1.165, 1.54) is 0 Å². The van der Waals surface area contributed by atoms with Gasteiger partial charge in [-0.25, -0.2) is 13.1 Å². The average Bonchev–Trinajstić information content (AvgIpc) is 3.26. The summed E-state index contributed by atoms with van der Waals surface area (Å²) in [5.41, 5.74) is 1.17. The lowest BCUT2D eigenvalue weighted by Crippen LogP contribution is -2.50. The third-order valence-electron chi connectivity index (χ3n) is 6.41. The number of fused-ring (bicyclic) bond motifs is 1. The van der Waals surface area contributed by atoms with E-state index in [-0.39, 0.29) is 22.9 Å². The number of rotatable bonds is 4. The van der Waals surface area contributed by atoms with Gasteiger partial charge < -0.3 is 15.4 Å². The Morgan fingerprint density at radius 3 is 2.68 bits per heavy atom. The van der Waals surface area contributed by atoms with E-state index in [1.54, 1.807) is 37.4 Å². The lowest BCUT2D eigenvalue weighted by molar-refractivity contribution is 0.0194. The van der Waals surface area contributed by atoms with Gasteiger partial charge in [-0.3, -0.25) is 4.79 Å². The lowest BCUT2D eigenvalue weighted by Gasteiger charge is -2.37. The van der Waals surface area contributed by atoms with Crippen LogP contribution in [0.4, 0.5) is 5.69 Å². The van der Waals surface area contributed by atoms with E-state index in [2.05, 4.69) is 15.4 Å². The molecule has 2 heterocycles. The van der Waals surface area contributed by atoms with E-state index in [4.69, 9.17) is 4.74 Å².